The predicted octanol–water partition coefficient (Wildman–Crippen LogP) is 2.30. The van der Waals surface area contributed by atoms with Gasteiger partial charge in [-0.25, -0.2) is 0 Å². The molecular formula is C9H14O. The monoisotopic (exact) mass is 138 g/mol. The largest absolute Gasteiger partial charge is 0.363 e. The minimum absolute atomic E-state index is 0.130. The first-order valence-electron chi connectivity index (χ1n) is 3.78. The van der Waals surface area contributed by atoms with Gasteiger partial charge in [-0.1, -0.05) is 38.2 Å². The standard InChI is InChI=1S/C9H14O/c1-3-6-9(4-2)7-5-8-10-9/h4-5,7H,2-3,6,8H2,1H3. The maximum Gasteiger partial charge on any atom is 0.105 e. The molecule has 0 aromatic heterocycles. The number of hydrogen-bond donors (Lipinski definition) is 0. The van der Waals surface area contributed by atoms with Gasteiger partial charge in [0.05, 0.1) is 6.61 Å². The van der Waals surface area contributed by atoms with Crippen LogP contribution in [0.4, 0.5) is 0 Å². The first kappa shape index (κ1) is 7.55. The summed E-state index contributed by atoms with van der Waals surface area (Å²) < 4.78 is 5.50. The molecule has 0 spiro atoms. The van der Waals surface area contributed by atoms with Gasteiger partial charge in [0, 0.05) is 0 Å². The lowest BCUT2D eigenvalue weighted by molar-refractivity contribution is 0.0584. The molecule has 0 saturated carbocycles. The molecule has 0 radical (unpaired) electrons. The number of hydrogen-bond acceptors (Lipinski definition) is 1. The molecule has 0 bridgehead atoms. The zero-order chi connectivity index (χ0) is 7.45. The van der Waals surface area contributed by atoms with Crippen LogP contribution in [0.15, 0.2) is 24.8 Å². The zero-order valence-corrected chi connectivity index (χ0v) is 6.47. The molecule has 0 saturated heterocycles. The fraction of sp³-hybridized carbons (Fsp3) is 0.556. The first-order valence-corrected chi connectivity index (χ1v) is 3.78. The van der Waals surface area contributed by atoms with Crippen LogP contribution in [0.3, 0.4) is 0 Å². The summed E-state index contributed by atoms with van der Waals surface area (Å²) in [5, 5.41) is 0. The molecule has 1 atom stereocenters. The van der Waals surface area contributed by atoms with Crippen LogP contribution in [-0.2, 0) is 4.74 Å². The Labute approximate surface area is 62.4 Å². The van der Waals surface area contributed by atoms with Gasteiger partial charge in [-0.05, 0) is 6.42 Å². The molecule has 0 aromatic carbocycles. The van der Waals surface area contributed by atoms with Crippen molar-refractivity contribution in [2.45, 2.75) is 25.4 Å². The van der Waals surface area contributed by atoms with Crippen molar-refractivity contribution >= 4 is 0 Å². The van der Waals surface area contributed by atoms with Gasteiger partial charge in [0.1, 0.15) is 5.60 Å². The minimum Gasteiger partial charge on any atom is -0.363 e. The molecule has 1 aliphatic rings. The van der Waals surface area contributed by atoms with E-state index in [2.05, 4.69) is 25.7 Å². The SMILES string of the molecule is C=CC1(CCC)C=CCO1. The van der Waals surface area contributed by atoms with E-state index in [-0.39, 0.29) is 5.60 Å². The predicted molar refractivity (Wildman–Crippen MR) is 42.9 cm³/mol. The highest BCUT2D eigenvalue weighted by atomic mass is 16.5. The molecule has 0 aliphatic carbocycles. The third-order valence-electron chi connectivity index (χ3n) is 1.83. The quantitative estimate of drug-likeness (QED) is 0.544. The molecule has 0 aromatic rings. The zero-order valence-electron chi connectivity index (χ0n) is 6.47. The van der Waals surface area contributed by atoms with E-state index in [1.54, 1.807) is 0 Å². The molecule has 1 unspecified atom stereocenters. The minimum atomic E-state index is -0.130. The van der Waals surface area contributed by atoms with Crippen LogP contribution in [0.1, 0.15) is 19.8 Å². The summed E-state index contributed by atoms with van der Waals surface area (Å²) in [6.07, 6.45) is 8.23. The van der Waals surface area contributed by atoms with Crippen molar-refractivity contribution in [2.24, 2.45) is 0 Å². The van der Waals surface area contributed by atoms with Crippen LogP contribution in [0.5, 0.6) is 0 Å². The fourth-order valence-corrected chi connectivity index (χ4v) is 1.27. The lowest BCUT2D eigenvalue weighted by Gasteiger charge is -2.21. The lowest BCUT2D eigenvalue weighted by atomic mass is 9.99. The molecule has 0 amide bonds. The highest BCUT2D eigenvalue weighted by Gasteiger charge is 2.25. The Kier molecular flexibility index (Phi) is 2.28. The second-order valence-electron chi connectivity index (χ2n) is 2.62. The Morgan fingerprint density at radius 1 is 1.80 bits per heavy atom. The fourth-order valence-electron chi connectivity index (χ4n) is 1.27. The molecule has 1 heterocycles. The highest BCUT2D eigenvalue weighted by Crippen LogP contribution is 2.25. The van der Waals surface area contributed by atoms with Crippen molar-refractivity contribution in [3.63, 3.8) is 0 Å². The summed E-state index contributed by atoms with van der Waals surface area (Å²) in [5.41, 5.74) is -0.130. The summed E-state index contributed by atoms with van der Waals surface area (Å²) in [4.78, 5) is 0. The van der Waals surface area contributed by atoms with Crippen molar-refractivity contribution in [1.82, 2.24) is 0 Å². The van der Waals surface area contributed by atoms with Gasteiger partial charge in [-0.3, -0.25) is 0 Å². The Bertz CT molecular complexity index is 149. The number of ether oxygens (including phenoxy) is 1. The molecule has 1 heteroatoms. The van der Waals surface area contributed by atoms with Gasteiger partial charge >= 0.3 is 0 Å². The first-order chi connectivity index (χ1) is 4.83. The molecule has 1 rings (SSSR count). The lowest BCUT2D eigenvalue weighted by Crippen LogP contribution is -2.22. The summed E-state index contributed by atoms with van der Waals surface area (Å²) in [5.74, 6) is 0. The van der Waals surface area contributed by atoms with Gasteiger partial charge < -0.3 is 4.74 Å². The van der Waals surface area contributed by atoms with Crippen LogP contribution in [-0.4, -0.2) is 12.2 Å². The van der Waals surface area contributed by atoms with Crippen LogP contribution in [0.25, 0.3) is 0 Å². The molecule has 0 fully saturated rings. The van der Waals surface area contributed by atoms with E-state index in [1.807, 2.05) is 6.08 Å². The van der Waals surface area contributed by atoms with E-state index < -0.39 is 0 Å². The van der Waals surface area contributed by atoms with Crippen molar-refractivity contribution in [3.8, 4) is 0 Å². The van der Waals surface area contributed by atoms with E-state index in [9.17, 15) is 0 Å². The Hall–Kier alpha value is -0.560. The van der Waals surface area contributed by atoms with Crippen molar-refractivity contribution in [3.05, 3.63) is 24.8 Å². The average molecular weight is 138 g/mol. The van der Waals surface area contributed by atoms with E-state index >= 15 is 0 Å². The topological polar surface area (TPSA) is 9.23 Å². The summed E-state index contributed by atoms with van der Waals surface area (Å²) in [6, 6.07) is 0. The van der Waals surface area contributed by atoms with E-state index in [0.717, 1.165) is 19.4 Å². The molecule has 10 heavy (non-hydrogen) atoms. The van der Waals surface area contributed by atoms with E-state index in [0.29, 0.717) is 0 Å². The maximum absolute atomic E-state index is 5.50. The van der Waals surface area contributed by atoms with Gasteiger partial charge in [0.25, 0.3) is 0 Å². The molecule has 1 aliphatic heterocycles. The van der Waals surface area contributed by atoms with E-state index in [1.165, 1.54) is 0 Å². The molecule has 1 nitrogen and oxygen atoms in total. The van der Waals surface area contributed by atoms with Gasteiger partial charge in [0.15, 0.2) is 0 Å². The van der Waals surface area contributed by atoms with Crippen LogP contribution in [0.2, 0.25) is 0 Å². The smallest absolute Gasteiger partial charge is 0.105 e. The summed E-state index contributed by atoms with van der Waals surface area (Å²) in [6.45, 7) is 6.65. The second kappa shape index (κ2) is 3.02. The summed E-state index contributed by atoms with van der Waals surface area (Å²) >= 11 is 0. The number of rotatable bonds is 3. The van der Waals surface area contributed by atoms with Gasteiger partial charge in [-0.2, -0.15) is 0 Å². The molecule has 56 valence electrons. The van der Waals surface area contributed by atoms with E-state index in [4.69, 9.17) is 4.74 Å². The molecular weight excluding hydrogens is 124 g/mol. The molecule has 0 N–H and O–H groups in total. The Morgan fingerprint density at radius 3 is 3.00 bits per heavy atom. The Morgan fingerprint density at radius 2 is 2.60 bits per heavy atom. The van der Waals surface area contributed by atoms with Crippen LogP contribution >= 0.6 is 0 Å². The highest BCUT2D eigenvalue weighted by molar-refractivity contribution is 5.16. The van der Waals surface area contributed by atoms with Gasteiger partial charge in [-0.15, -0.1) is 0 Å². The third kappa shape index (κ3) is 1.29. The van der Waals surface area contributed by atoms with Gasteiger partial charge in [0.2, 0.25) is 0 Å². The van der Waals surface area contributed by atoms with Crippen LogP contribution in [0, 0.1) is 0 Å². The van der Waals surface area contributed by atoms with Crippen molar-refractivity contribution in [2.75, 3.05) is 6.61 Å². The van der Waals surface area contributed by atoms with Crippen LogP contribution < -0.4 is 0 Å². The third-order valence-corrected chi connectivity index (χ3v) is 1.83. The second-order valence-corrected chi connectivity index (χ2v) is 2.62. The Balaban J connectivity index is 2.58. The maximum atomic E-state index is 5.50. The summed E-state index contributed by atoms with van der Waals surface area (Å²) in [7, 11) is 0. The normalized spacial score (nSPS) is 30.9. The van der Waals surface area contributed by atoms with Crippen molar-refractivity contribution < 1.29 is 4.74 Å². The van der Waals surface area contributed by atoms with Crippen molar-refractivity contribution in [1.29, 1.82) is 0 Å². The average Bonchev–Trinajstić information content (AvgIpc) is 2.39.